The molecule has 1 aliphatic carbocycles. The third kappa shape index (κ3) is 4.39. The Morgan fingerprint density at radius 2 is 2.18 bits per heavy atom. The molecule has 1 aromatic heterocycles. The van der Waals surface area contributed by atoms with Gasteiger partial charge in [-0.25, -0.2) is 9.87 Å². The molecule has 28 heavy (non-hydrogen) atoms. The number of carbonyl (C=O) groups is 2. The molecule has 4 N–H and O–H groups in total. The second-order valence-electron chi connectivity index (χ2n) is 6.58. The summed E-state index contributed by atoms with van der Waals surface area (Å²) in [4.78, 5) is 30.4. The number of aliphatic hydroxyl groups is 2. The van der Waals surface area contributed by atoms with Gasteiger partial charge < -0.3 is 15.5 Å². The van der Waals surface area contributed by atoms with Crippen LogP contribution in [0.5, 0.6) is 0 Å². The number of hydrogen-bond donors (Lipinski definition) is 4. The molecule has 0 spiro atoms. The Morgan fingerprint density at radius 3 is 2.89 bits per heavy atom. The first kappa shape index (κ1) is 20.4. The molecule has 0 fully saturated rings. The van der Waals surface area contributed by atoms with Gasteiger partial charge in [0.1, 0.15) is 23.5 Å². The molecule has 1 amide bonds. The van der Waals surface area contributed by atoms with Crippen LogP contribution in [-0.2, 0) is 11.3 Å². The van der Waals surface area contributed by atoms with Crippen molar-refractivity contribution in [3.8, 4) is 0 Å². The molecule has 9 heteroatoms. The van der Waals surface area contributed by atoms with Gasteiger partial charge in [0, 0.05) is 6.42 Å². The van der Waals surface area contributed by atoms with Gasteiger partial charge in [-0.05, 0) is 43.0 Å². The van der Waals surface area contributed by atoms with Crippen LogP contribution in [0.4, 0.5) is 15.1 Å². The van der Waals surface area contributed by atoms with Crippen LogP contribution in [0.3, 0.4) is 0 Å². The molecule has 0 aliphatic heterocycles. The lowest BCUT2D eigenvalue weighted by molar-refractivity contribution is -0.0295. The smallest absolute Gasteiger partial charge is 0.278 e. The van der Waals surface area contributed by atoms with Crippen LogP contribution in [0.15, 0.2) is 18.2 Å². The van der Waals surface area contributed by atoms with Gasteiger partial charge in [0.15, 0.2) is 5.78 Å². The molecule has 150 valence electrons. The van der Waals surface area contributed by atoms with E-state index in [1.54, 1.807) is 19.1 Å². The molecule has 1 heterocycles. The molecule has 1 unspecified atom stereocenters. The highest BCUT2D eigenvalue weighted by atomic mass is 32.1. The molecule has 0 bridgehead atoms. The first-order chi connectivity index (χ1) is 13.4. The zero-order valence-corrected chi connectivity index (χ0v) is 16.1. The summed E-state index contributed by atoms with van der Waals surface area (Å²) in [7, 11) is 0. The van der Waals surface area contributed by atoms with Gasteiger partial charge >= 0.3 is 0 Å². The number of hydrogen-bond acceptors (Lipinski definition) is 7. The van der Waals surface area contributed by atoms with Crippen LogP contribution in [0.25, 0.3) is 0 Å². The standard InChI is InChI=1S/C19H21FN2O5S/c1-10-5-6-14(13(20)7-10)21-19-16(18(26)22-27-9-11(24)8-23)12-3-2-4-15(25)17(12)28-19/h5-7,11,21,23-24H,2-4,8-9H2,1H3,(H,22,26). The van der Waals surface area contributed by atoms with E-state index in [0.29, 0.717) is 34.7 Å². The van der Waals surface area contributed by atoms with Crippen LogP contribution < -0.4 is 10.8 Å². The number of thiophene rings is 1. The molecule has 0 saturated carbocycles. The van der Waals surface area contributed by atoms with Gasteiger partial charge in [0.05, 0.1) is 22.7 Å². The number of nitrogens with one attached hydrogen (secondary N) is 2. The summed E-state index contributed by atoms with van der Waals surface area (Å²) in [5, 5.41) is 21.4. The third-order valence-electron chi connectivity index (χ3n) is 4.34. The summed E-state index contributed by atoms with van der Waals surface area (Å²) >= 11 is 1.12. The number of halogens is 1. The van der Waals surface area contributed by atoms with E-state index < -0.39 is 24.4 Å². The molecule has 0 saturated heterocycles. The maximum atomic E-state index is 14.3. The predicted octanol–water partition coefficient (Wildman–Crippen LogP) is 2.47. The van der Waals surface area contributed by atoms with Gasteiger partial charge in [-0.2, -0.15) is 0 Å². The highest BCUT2D eigenvalue weighted by Gasteiger charge is 2.30. The normalized spacial score (nSPS) is 14.5. The molecule has 1 aliphatic rings. The number of amides is 1. The number of carbonyl (C=O) groups excluding carboxylic acids is 2. The molecule has 7 nitrogen and oxygen atoms in total. The van der Waals surface area contributed by atoms with Crippen LogP contribution in [-0.4, -0.2) is 41.2 Å². The lowest BCUT2D eigenvalue weighted by Crippen LogP contribution is -2.30. The Bertz CT molecular complexity index is 899. The van der Waals surface area contributed by atoms with Gasteiger partial charge in [0.2, 0.25) is 0 Å². The monoisotopic (exact) mass is 408 g/mol. The first-order valence-electron chi connectivity index (χ1n) is 8.83. The predicted molar refractivity (Wildman–Crippen MR) is 103 cm³/mol. The van der Waals surface area contributed by atoms with E-state index in [1.165, 1.54) is 6.07 Å². The molecule has 2 aromatic rings. The third-order valence-corrected chi connectivity index (χ3v) is 5.53. The number of hydroxylamine groups is 1. The Hall–Kier alpha value is -2.33. The number of fused-ring (bicyclic) bond motifs is 1. The fraction of sp³-hybridized carbons (Fsp3) is 0.368. The molecular formula is C19H21FN2O5S. The number of Topliss-reactive ketones (excluding diaryl/α,β-unsaturated/α-hetero) is 1. The summed E-state index contributed by atoms with van der Waals surface area (Å²) in [6.07, 6.45) is 0.465. The molecule has 1 atom stereocenters. The van der Waals surface area contributed by atoms with E-state index in [-0.39, 0.29) is 23.6 Å². The van der Waals surface area contributed by atoms with Crippen LogP contribution in [0, 0.1) is 12.7 Å². The molecule has 0 radical (unpaired) electrons. The van der Waals surface area contributed by atoms with Crippen molar-refractivity contribution < 1.29 is 29.0 Å². The maximum absolute atomic E-state index is 14.3. The minimum Gasteiger partial charge on any atom is -0.394 e. The van der Waals surface area contributed by atoms with Crippen LogP contribution in [0.1, 0.15) is 44.0 Å². The lowest BCUT2D eigenvalue weighted by Gasteiger charge is -2.14. The van der Waals surface area contributed by atoms with Gasteiger partial charge in [-0.3, -0.25) is 14.4 Å². The number of benzene rings is 1. The first-order valence-corrected chi connectivity index (χ1v) is 9.65. The number of anilines is 2. The van der Waals surface area contributed by atoms with Crippen molar-refractivity contribution in [2.45, 2.75) is 32.3 Å². The van der Waals surface area contributed by atoms with E-state index in [1.807, 2.05) is 0 Å². The summed E-state index contributed by atoms with van der Waals surface area (Å²) < 4.78 is 14.3. The van der Waals surface area contributed by atoms with Crippen molar-refractivity contribution >= 4 is 33.7 Å². The Kier molecular flexibility index (Phi) is 6.40. The molecule has 1 aromatic carbocycles. The van der Waals surface area contributed by atoms with E-state index in [9.17, 15) is 19.1 Å². The average Bonchev–Trinajstić information content (AvgIpc) is 3.03. The SMILES string of the molecule is Cc1ccc(Nc2sc3c(c2C(=O)NOCC(O)CO)CCCC3=O)c(F)c1. The Balaban J connectivity index is 1.90. The minimum absolute atomic E-state index is 0.0469. The summed E-state index contributed by atoms with van der Waals surface area (Å²) in [5.74, 6) is -1.12. The fourth-order valence-electron chi connectivity index (χ4n) is 2.95. The quantitative estimate of drug-likeness (QED) is 0.524. The van der Waals surface area contributed by atoms with Gasteiger partial charge in [0.25, 0.3) is 5.91 Å². The van der Waals surface area contributed by atoms with Crippen molar-refractivity contribution in [2.75, 3.05) is 18.5 Å². The topological polar surface area (TPSA) is 108 Å². The molecular weight excluding hydrogens is 387 g/mol. The highest BCUT2D eigenvalue weighted by Crippen LogP contribution is 2.39. The summed E-state index contributed by atoms with van der Waals surface area (Å²) in [5.41, 5.74) is 4.01. The highest BCUT2D eigenvalue weighted by molar-refractivity contribution is 7.18. The van der Waals surface area contributed by atoms with Crippen molar-refractivity contribution in [1.29, 1.82) is 0 Å². The van der Waals surface area contributed by atoms with E-state index in [2.05, 4.69) is 10.8 Å². The van der Waals surface area contributed by atoms with Crippen molar-refractivity contribution in [3.63, 3.8) is 0 Å². The zero-order chi connectivity index (χ0) is 20.3. The maximum Gasteiger partial charge on any atom is 0.278 e. The molecule has 3 rings (SSSR count). The van der Waals surface area contributed by atoms with Crippen molar-refractivity contribution in [1.82, 2.24) is 5.48 Å². The number of aryl methyl sites for hydroxylation is 1. The largest absolute Gasteiger partial charge is 0.394 e. The number of aliphatic hydroxyl groups excluding tert-OH is 2. The van der Waals surface area contributed by atoms with E-state index in [0.717, 1.165) is 16.9 Å². The van der Waals surface area contributed by atoms with Crippen molar-refractivity contribution in [2.24, 2.45) is 0 Å². The number of ketones is 1. The summed E-state index contributed by atoms with van der Waals surface area (Å²) in [6, 6.07) is 4.68. The van der Waals surface area contributed by atoms with Gasteiger partial charge in [-0.15, -0.1) is 11.3 Å². The second kappa shape index (κ2) is 8.78. The zero-order valence-electron chi connectivity index (χ0n) is 15.3. The Labute approximate surface area is 165 Å². The Morgan fingerprint density at radius 1 is 1.39 bits per heavy atom. The fourth-order valence-corrected chi connectivity index (χ4v) is 4.17. The van der Waals surface area contributed by atoms with E-state index >= 15 is 0 Å². The van der Waals surface area contributed by atoms with Crippen LogP contribution in [0.2, 0.25) is 0 Å². The van der Waals surface area contributed by atoms with Crippen molar-refractivity contribution in [3.05, 3.63) is 45.6 Å². The van der Waals surface area contributed by atoms with Gasteiger partial charge in [-0.1, -0.05) is 6.07 Å². The minimum atomic E-state index is -1.13. The lowest BCUT2D eigenvalue weighted by atomic mass is 9.94. The second-order valence-corrected chi connectivity index (χ2v) is 7.60. The average molecular weight is 408 g/mol. The van der Waals surface area contributed by atoms with E-state index in [4.69, 9.17) is 9.94 Å². The summed E-state index contributed by atoms with van der Waals surface area (Å²) in [6.45, 7) is 0.979. The number of rotatable bonds is 7. The van der Waals surface area contributed by atoms with Crippen LogP contribution >= 0.6 is 11.3 Å².